The lowest BCUT2D eigenvalue weighted by molar-refractivity contribution is -0.870. The first-order valence-corrected chi connectivity index (χ1v) is 40.2. The van der Waals surface area contributed by atoms with Crippen LogP contribution in [-0.4, -0.2) is 87.4 Å². The number of unbranched alkanes of at least 4 members (excludes halogenated alkanes) is 55. The minimum Gasteiger partial charge on any atom is -0.477 e. The summed E-state index contributed by atoms with van der Waals surface area (Å²) in [5.41, 5.74) is 0. The normalized spacial score (nSPS) is 12.8. The van der Waals surface area contributed by atoms with Crippen molar-refractivity contribution in [3.8, 4) is 0 Å². The van der Waals surface area contributed by atoms with E-state index in [9.17, 15) is 19.5 Å². The number of likely N-dealkylation sites (N-methyl/N-ethyl adjacent to an activating group) is 1. The molecule has 0 bridgehead atoms. The number of allylic oxidation sites excluding steroid dienone is 6. The molecule has 0 heterocycles. The van der Waals surface area contributed by atoms with Crippen LogP contribution in [0.5, 0.6) is 0 Å². The number of hydrogen-bond acceptors (Lipinski definition) is 7. The highest BCUT2D eigenvalue weighted by molar-refractivity contribution is 5.71. The predicted octanol–water partition coefficient (Wildman–Crippen LogP) is 25.5. The number of quaternary nitrogens is 1. The summed E-state index contributed by atoms with van der Waals surface area (Å²) in [7, 11) is 6.00. The van der Waals surface area contributed by atoms with Gasteiger partial charge in [-0.2, -0.15) is 0 Å². The first-order valence-electron chi connectivity index (χ1n) is 40.2. The van der Waals surface area contributed by atoms with Crippen LogP contribution < -0.4 is 0 Å². The van der Waals surface area contributed by atoms with Gasteiger partial charge in [0.2, 0.25) is 0 Å². The summed E-state index contributed by atoms with van der Waals surface area (Å²) < 4.78 is 23.1. The quantitative estimate of drug-likeness (QED) is 0.0211. The van der Waals surface area contributed by atoms with E-state index in [1.165, 1.54) is 334 Å². The molecule has 91 heavy (non-hydrogen) atoms. The Kier molecular flexibility index (Phi) is 71.3. The van der Waals surface area contributed by atoms with E-state index in [-0.39, 0.29) is 38.2 Å². The first-order chi connectivity index (χ1) is 44.6. The third kappa shape index (κ3) is 74.8. The molecular weight excluding hydrogens is 1130 g/mol. The molecule has 1 N–H and O–H groups in total. The van der Waals surface area contributed by atoms with E-state index in [0.717, 1.165) is 51.4 Å². The molecule has 0 amide bonds. The molecule has 0 fully saturated rings. The number of esters is 2. The number of carbonyl (C=O) groups excluding carboxylic acids is 2. The van der Waals surface area contributed by atoms with Crippen molar-refractivity contribution in [2.75, 3.05) is 47.5 Å². The molecule has 0 radical (unpaired) electrons. The van der Waals surface area contributed by atoms with Gasteiger partial charge in [-0.05, 0) is 51.4 Å². The van der Waals surface area contributed by atoms with Crippen LogP contribution in [0.4, 0.5) is 0 Å². The number of hydrogen-bond donors (Lipinski definition) is 1. The summed E-state index contributed by atoms with van der Waals surface area (Å²) in [6, 6.07) is 0. The van der Waals surface area contributed by atoms with Crippen LogP contribution in [0.1, 0.15) is 412 Å². The molecule has 0 rings (SSSR count). The molecule has 0 aromatic rings. The molecule has 536 valence electrons. The Morgan fingerprint density at radius 1 is 0.330 bits per heavy atom. The highest BCUT2D eigenvalue weighted by Crippen LogP contribution is 2.20. The summed E-state index contributed by atoms with van der Waals surface area (Å²) in [4.78, 5) is 37.7. The summed E-state index contributed by atoms with van der Waals surface area (Å²) in [6.07, 6.45) is 91.7. The lowest BCUT2D eigenvalue weighted by Crippen LogP contribution is -2.40. The lowest BCUT2D eigenvalue weighted by Gasteiger charge is -2.25. The fourth-order valence-corrected chi connectivity index (χ4v) is 12.3. The van der Waals surface area contributed by atoms with E-state index in [4.69, 9.17) is 18.9 Å². The Balaban J connectivity index is 3.96. The van der Waals surface area contributed by atoms with E-state index in [0.29, 0.717) is 17.4 Å². The monoisotopic (exact) mass is 1280 g/mol. The van der Waals surface area contributed by atoms with Crippen LogP contribution >= 0.6 is 0 Å². The third-order valence-corrected chi connectivity index (χ3v) is 18.4. The van der Waals surface area contributed by atoms with Gasteiger partial charge in [-0.3, -0.25) is 9.59 Å². The summed E-state index contributed by atoms with van der Waals surface area (Å²) >= 11 is 0. The summed E-state index contributed by atoms with van der Waals surface area (Å²) in [6.45, 7) is 4.94. The zero-order valence-electron chi connectivity index (χ0n) is 61.5. The maximum atomic E-state index is 13.0. The molecule has 0 aliphatic rings. The number of nitrogens with zero attached hydrogens (tertiary/aromatic N) is 1. The van der Waals surface area contributed by atoms with Crippen LogP contribution in [0.15, 0.2) is 36.5 Å². The predicted molar refractivity (Wildman–Crippen MR) is 392 cm³/mol. The molecule has 0 aliphatic carbocycles. The Bertz CT molecular complexity index is 1590. The van der Waals surface area contributed by atoms with Crippen molar-refractivity contribution in [2.24, 2.45) is 0 Å². The molecular formula is C82H156NO8+. The van der Waals surface area contributed by atoms with Crippen molar-refractivity contribution >= 4 is 17.9 Å². The van der Waals surface area contributed by atoms with Gasteiger partial charge in [0, 0.05) is 12.8 Å². The zero-order chi connectivity index (χ0) is 66.1. The maximum absolute atomic E-state index is 13.0. The Labute approximate surface area is 566 Å². The van der Waals surface area contributed by atoms with Gasteiger partial charge in [0.1, 0.15) is 13.2 Å². The average Bonchev–Trinajstić information content (AvgIpc) is 3.66. The lowest BCUT2D eigenvalue weighted by atomic mass is 10.0. The zero-order valence-corrected chi connectivity index (χ0v) is 61.5. The summed E-state index contributed by atoms with van der Waals surface area (Å²) in [5.74, 6) is -1.98. The van der Waals surface area contributed by atoms with Gasteiger partial charge in [0.25, 0.3) is 6.29 Å². The Hall–Kier alpha value is -2.49. The van der Waals surface area contributed by atoms with Crippen LogP contribution in [0.2, 0.25) is 0 Å². The van der Waals surface area contributed by atoms with Crippen LogP contribution in [0, 0.1) is 0 Å². The molecule has 0 saturated heterocycles. The van der Waals surface area contributed by atoms with Crippen molar-refractivity contribution in [3.05, 3.63) is 36.5 Å². The number of carboxylic acids is 1. The van der Waals surface area contributed by atoms with Gasteiger partial charge in [0.15, 0.2) is 6.10 Å². The van der Waals surface area contributed by atoms with Gasteiger partial charge in [-0.15, -0.1) is 0 Å². The molecule has 0 aliphatic heterocycles. The highest BCUT2D eigenvalue weighted by atomic mass is 16.7. The first kappa shape index (κ1) is 88.5. The second-order valence-corrected chi connectivity index (χ2v) is 28.7. The molecule has 2 unspecified atom stereocenters. The standard InChI is InChI=1S/C82H155NO8/c1-6-8-10-12-14-16-18-20-22-24-26-28-30-32-34-36-37-38-39-40-41-42-43-45-46-48-50-52-54-56-58-60-62-64-66-68-70-72-79(84)89-76-78(77-90-82(81(86)87)88-75-74-83(3,4)5)91-80(85)73-71-69-67-65-63-61-59-57-55-53-51-49-47-44-35-33-31-29-27-25-23-21-19-17-15-13-11-9-7-2/h19,21,25,27,31,33,78,82H,6-18,20,22-24,26,28-30,32,34-77H2,1-5H3/p+1/b21-19-,27-25-,33-31-. The Morgan fingerprint density at radius 2 is 0.593 bits per heavy atom. The van der Waals surface area contributed by atoms with Gasteiger partial charge in [-0.25, -0.2) is 4.79 Å². The molecule has 0 saturated carbocycles. The second kappa shape index (κ2) is 73.3. The SMILES string of the molecule is CCCCCCC/C=C\C/C=C\C/C=C\CCCCCCCCCCCCCCCCC(=O)OC(COC(=O)CCCCCCCCCCCCCCCCCCCCCCCCCCCCCCCCCCCCCCC)COC(OCC[N+](C)(C)C)C(=O)O. The van der Waals surface area contributed by atoms with Gasteiger partial charge >= 0.3 is 17.9 Å². The van der Waals surface area contributed by atoms with E-state index >= 15 is 0 Å². The van der Waals surface area contributed by atoms with Crippen LogP contribution in [0.3, 0.4) is 0 Å². The fraction of sp³-hybridized carbons (Fsp3) is 0.890. The number of ether oxygens (including phenoxy) is 4. The van der Waals surface area contributed by atoms with Gasteiger partial charge in [0.05, 0.1) is 34.4 Å². The fourth-order valence-electron chi connectivity index (χ4n) is 12.3. The highest BCUT2D eigenvalue weighted by Gasteiger charge is 2.25. The molecule has 9 nitrogen and oxygen atoms in total. The number of carbonyl (C=O) groups is 3. The second-order valence-electron chi connectivity index (χ2n) is 28.7. The van der Waals surface area contributed by atoms with Crippen LogP contribution in [-0.2, 0) is 33.3 Å². The average molecular weight is 1280 g/mol. The molecule has 0 spiro atoms. The van der Waals surface area contributed by atoms with Gasteiger partial charge in [-0.1, -0.05) is 384 Å². The van der Waals surface area contributed by atoms with E-state index in [1.807, 2.05) is 21.1 Å². The molecule has 9 heteroatoms. The van der Waals surface area contributed by atoms with Crippen LogP contribution in [0.25, 0.3) is 0 Å². The third-order valence-electron chi connectivity index (χ3n) is 18.4. The molecule has 0 aromatic heterocycles. The van der Waals surface area contributed by atoms with E-state index < -0.39 is 18.4 Å². The van der Waals surface area contributed by atoms with Gasteiger partial charge < -0.3 is 28.5 Å². The number of rotatable bonds is 76. The van der Waals surface area contributed by atoms with E-state index in [1.54, 1.807) is 0 Å². The minimum atomic E-state index is -1.51. The molecule has 2 atom stereocenters. The van der Waals surface area contributed by atoms with Crippen molar-refractivity contribution < 1.29 is 42.9 Å². The number of aliphatic carboxylic acids is 1. The van der Waals surface area contributed by atoms with Crippen molar-refractivity contribution in [3.63, 3.8) is 0 Å². The molecule has 0 aromatic carbocycles. The topological polar surface area (TPSA) is 108 Å². The minimum absolute atomic E-state index is 0.177. The van der Waals surface area contributed by atoms with Crippen molar-refractivity contribution in [2.45, 2.75) is 424 Å². The Morgan fingerprint density at radius 3 is 0.879 bits per heavy atom. The maximum Gasteiger partial charge on any atom is 0.361 e. The smallest absolute Gasteiger partial charge is 0.361 e. The van der Waals surface area contributed by atoms with Crippen molar-refractivity contribution in [1.29, 1.82) is 0 Å². The van der Waals surface area contributed by atoms with E-state index in [2.05, 4.69) is 50.3 Å². The largest absolute Gasteiger partial charge is 0.477 e. The number of carboxylic acid groups (broad SMARTS) is 1. The van der Waals surface area contributed by atoms with Crippen molar-refractivity contribution in [1.82, 2.24) is 0 Å². The summed E-state index contributed by atoms with van der Waals surface area (Å²) in [5, 5.41) is 9.77.